The zero-order chi connectivity index (χ0) is 17.3. The Bertz CT molecular complexity index is 1020. The molecule has 2 aromatic carbocycles. The first-order valence-corrected chi connectivity index (χ1v) is 8.56. The molecule has 126 valence electrons. The summed E-state index contributed by atoms with van der Waals surface area (Å²) in [6.07, 6.45) is 0. The second-order valence-electron chi connectivity index (χ2n) is 5.28. The Morgan fingerprint density at radius 1 is 1.17 bits per heavy atom. The number of methoxy groups -OCH3 is 1. The van der Waals surface area contributed by atoms with Gasteiger partial charge in [0.05, 0.1) is 17.5 Å². The van der Waals surface area contributed by atoms with Crippen molar-refractivity contribution in [2.24, 2.45) is 0 Å². The van der Waals surface area contributed by atoms with E-state index in [0.717, 1.165) is 5.56 Å². The molecule has 0 aliphatic heterocycles. The summed E-state index contributed by atoms with van der Waals surface area (Å²) < 4.78 is 36.6. The van der Waals surface area contributed by atoms with Gasteiger partial charge < -0.3 is 9.15 Å². The van der Waals surface area contributed by atoms with Crippen LogP contribution >= 0.6 is 0 Å². The van der Waals surface area contributed by atoms with Gasteiger partial charge in [-0.1, -0.05) is 12.1 Å². The van der Waals surface area contributed by atoms with Gasteiger partial charge in [0.1, 0.15) is 5.75 Å². The number of oxazole rings is 1. The van der Waals surface area contributed by atoms with Crippen LogP contribution in [-0.2, 0) is 16.6 Å². The summed E-state index contributed by atoms with van der Waals surface area (Å²) in [6, 6.07) is 11.4. The third-order valence-electron chi connectivity index (χ3n) is 3.66. The molecule has 1 heterocycles. The quantitative estimate of drug-likeness (QED) is 0.761. The highest BCUT2D eigenvalue weighted by Crippen LogP contribution is 2.21. The van der Waals surface area contributed by atoms with Crippen LogP contribution < -0.4 is 10.5 Å². The number of nitrogens with one attached hydrogen (secondary N) is 1. The van der Waals surface area contributed by atoms with E-state index in [1.165, 1.54) is 29.6 Å². The third kappa shape index (κ3) is 3.06. The van der Waals surface area contributed by atoms with Crippen molar-refractivity contribution in [3.05, 3.63) is 58.6 Å². The highest BCUT2D eigenvalue weighted by molar-refractivity contribution is 7.89. The Balaban J connectivity index is 1.87. The van der Waals surface area contributed by atoms with Gasteiger partial charge in [-0.2, -0.15) is 4.31 Å². The molecule has 1 N–H and O–H groups in total. The Morgan fingerprint density at radius 3 is 2.54 bits per heavy atom. The molecule has 0 bridgehead atoms. The number of H-pyrrole nitrogens is 1. The summed E-state index contributed by atoms with van der Waals surface area (Å²) in [4.78, 5) is 13.7. The molecule has 3 rings (SSSR count). The van der Waals surface area contributed by atoms with Crippen LogP contribution in [0.5, 0.6) is 5.75 Å². The lowest BCUT2D eigenvalue weighted by atomic mass is 10.2. The predicted molar refractivity (Wildman–Crippen MR) is 88.5 cm³/mol. The number of aromatic amines is 1. The van der Waals surface area contributed by atoms with Gasteiger partial charge in [0.15, 0.2) is 5.58 Å². The summed E-state index contributed by atoms with van der Waals surface area (Å²) in [7, 11) is -0.641. The van der Waals surface area contributed by atoms with Gasteiger partial charge in [0, 0.05) is 19.7 Å². The monoisotopic (exact) mass is 348 g/mol. The van der Waals surface area contributed by atoms with E-state index >= 15 is 0 Å². The summed E-state index contributed by atoms with van der Waals surface area (Å²) in [5, 5.41) is 0. The maximum Gasteiger partial charge on any atom is 0.417 e. The largest absolute Gasteiger partial charge is 0.497 e. The number of ether oxygens (including phenoxy) is 1. The fraction of sp³-hybridized carbons (Fsp3) is 0.188. The van der Waals surface area contributed by atoms with Crippen molar-refractivity contribution in [3.63, 3.8) is 0 Å². The van der Waals surface area contributed by atoms with Crippen LogP contribution in [0.1, 0.15) is 5.56 Å². The van der Waals surface area contributed by atoms with Crippen LogP contribution in [0.3, 0.4) is 0 Å². The molecule has 24 heavy (non-hydrogen) atoms. The number of fused-ring (bicyclic) bond motifs is 1. The molecule has 0 amide bonds. The Morgan fingerprint density at radius 2 is 1.88 bits per heavy atom. The summed E-state index contributed by atoms with van der Waals surface area (Å²) >= 11 is 0. The van der Waals surface area contributed by atoms with Crippen molar-refractivity contribution < 1.29 is 17.6 Å². The minimum absolute atomic E-state index is 0.0637. The fourth-order valence-electron chi connectivity index (χ4n) is 2.34. The Kier molecular flexibility index (Phi) is 4.16. The molecule has 0 saturated carbocycles. The SMILES string of the molecule is COc1ccc(CN(C)S(=O)(=O)c2ccc3[nH]c(=O)oc3c2)cc1. The molecule has 0 aliphatic carbocycles. The number of hydrogen-bond acceptors (Lipinski definition) is 5. The molecule has 3 aromatic rings. The first kappa shape index (κ1) is 16.3. The third-order valence-corrected chi connectivity index (χ3v) is 5.46. The zero-order valence-corrected chi connectivity index (χ0v) is 14.0. The van der Waals surface area contributed by atoms with E-state index in [0.29, 0.717) is 11.3 Å². The molecule has 0 spiro atoms. The van der Waals surface area contributed by atoms with Crippen molar-refractivity contribution in [2.45, 2.75) is 11.4 Å². The molecule has 0 aliphatic rings. The van der Waals surface area contributed by atoms with E-state index < -0.39 is 15.8 Å². The lowest BCUT2D eigenvalue weighted by Crippen LogP contribution is -2.26. The van der Waals surface area contributed by atoms with Gasteiger partial charge in [-0.05, 0) is 29.8 Å². The summed E-state index contributed by atoms with van der Waals surface area (Å²) in [5.41, 5.74) is 1.49. The number of hydrogen-bond donors (Lipinski definition) is 1. The van der Waals surface area contributed by atoms with Gasteiger partial charge in [-0.15, -0.1) is 0 Å². The van der Waals surface area contributed by atoms with E-state index in [1.54, 1.807) is 31.4 Å². The molecule has 0 radical (unpaired) electrons. The van der Waals surface area contributed by atoms with Gasteiger partial charge in [0.25, 0.3) is 0 Å². The standard InChI is InChI=1S/C16H16N2O5S/c1-18(10-11-3-5-12(22-2)6-4-11)24(20,21)13-7-8-14-15(9-13)23-16(19)17-14/h3-9H,10H2,1-2H3,(H,17,19). The number of rotatable bonds is 5. The first-order chi connectivity index (χ1) is 11.4. The minimum Gasteiger partial charge on any atom is -0.497 e. The number of sulfonamides is 1. The number of nitrogens with zero attached hydrogens (tertiary/aromatic N) is 1. The van der Waals surface area contributed by atoms with Crippen LogP contribution in [0.25, 0.3) is 11.1 Å². The van der Waals surface area contributed by atoms with Gasteiger partial charge in [-0.3, -0.25) is 4.98 Å². The average molecular weight is 348 g/mol. The zero-order valence-electron chi connectivity index (χ0n) is 13.1. The number of benzene rings is 2. The highest BCUT2D eigenvalue weighted by atomic mass is 32.2. The molecule has 8 heteroatoms. The molecule has 0 saturated heterocycles. The van der Waals surface area contributed by atoms with E-state index in [9.17, 15) is 13.2 Å². The lowest BCUT2D eigenvalue weighted by Gasteiger charge is -2.17. The van der Waals surface area contributed by atoms with Crippen LogP contribution in [0.2, 0.25) is 0 Å². The summed E-state index contributed by atoms with van der Waals surface area (Å²) in [6.45, 7) is 0.210. The number of aromatic nitrogens is 1. The van der Waals surface area contributed by atoms with Gasteiger partial charge in [-0.25, -0.2) is 13.2 Å². The summed E-state index contributed by atoms with van der Waals surface area (Å²) in [5.74, 6) is 0.0864. The van der Waals surface area contributed by atoms with Crippen LogP contribution in [0, 0.1) is 0 Å². The maximum atomic E-state index is 12.7. The normalized spacial score (nSPS) is 12.0. The van der Waals surface area contributed by atoms with Crippen LogP contribution in [0.4, 0.5) is 0 Å². The Labute approximate surface area is 138 Å². The van der Waals surface area contributed by atoms with Crippen LogP contribution in [-0.4, -0.2) is 31.9 Å². The minimum atomic E-state index is -3.71. The molecule has 1 aromatic heterocycles. The van der Waals surface area contributed by atoms with Crippen molar-refractivity contribution >= 4 is 21.1 Å². The lowest BCUT2D eigenvalue weighted by molar-refractivity contribution is 0.414. The van der Waals surface area contributed by atoms with E-state index in [4.69, 9.17) is 9.15 Å². The smallest absolute Gasteiger partial charge is 0.417 e. The van der Waals surface area contributed by atoms with E-state index in [2.05, 4.69) is 4.98 Å². The predicted octanol–water partition coefficient (Wildman–Crippen LogP) is 1.95. The molecular formula is C16H16N2O5S. The average Bonchev–Trinajstić information content (AvgIpc) is 2.94. The second kappa shape index (κ2) is 6.14. The molecule has 7 nitrogen and oxygen atoms in total. The van der Waals surface area contributed by atoms with Crippen LogP contribution in [0.15, 0.2) is 56.6 Å². The van der Waals surface area contributed by atoms with Gasteiger partial charge in [0.2, 0.25) is 10.0 Å². The highest BCUT2D eigenvalue weighted by Gasteiger charge is 2.22. The van der Waals surface area contributed by atoms with E-state index in [1.807, 2.05) is 0 Å². The van der Waals surface area contributed by atoms with E-state index in [-0.39, 0.29) is 17.0 Å². The van der Waals surface area contributed by atoms with Crippen molar-refractivity contribution in [1.29, 1.82) is 0 Å². The maximum absolute atomic E-state index is 12.7. The topological polar surface area (TPSA) is 92.6 Å². The van der Waals surface area contributed by atoms with Crippen molar-refractivity contribution in [3.8, 4) is 5.75 Å². The van der Waals surface area contributed by atoms with Gasteiger partial charge >= 0.3 is 5.76 Å². The van der Waals surface area contributed by atoms with Crippen molar-refractivity contribution in [1.82, 2.24) is 9.29 Å². The van der Waals surface area contributed by atoms with Crippen molar-refractivity contribution in [2.75, 3.05) is 14.2 Å². The molecule has 0 unspecified atom stereocenters. The second-order valence-corrected chi connectivity index (χ2v) is 7.33. The fourth-order valence-corrected chi connectivity index (χ4v) is 3.51. The Hall–Kier alpha value is -2.58. The molecular weight excluding hydrogens is 332 g/mol. The molecule has 0 atom stereocenters. The molecule has 0 fully saturated rings. The first-order valence-electron chi connectivity index (χ1n) is 7.12.